The van der Waals surface area contributed by atoms with Crippen LogP contribution >= 0.6 is 0 Å². The van der Waals surface area contributed by atoms with Crippen molar-refractivity contribution in [2.24, 2.45) is 10.9 Å². The van der Waals surface area contributed by atoms with Gasteiger partial charge in [0.1, 0.15) is 11.4 Å². The zero-order valence-corrected chi connectivity index (χ0v) is 20.1. The van der Waals surface area contributed by atoms with E-state index in [-0.39, 0.29) is 43.3 Å². The second-order valence-electron chi connectivity index (χ2n) is 9.81. The smallest absolute Gasteiger partial charge is 0.312 e. The molecule has 1 aromatic rings. The molecule has 0 atom stereocenters. The van der Waals surface area contributed by atoms with Crippen molar-refractivity contribution in [1.82, 2.24) is 9.62 Å². The molecule has 2 heterocycles. The van der Waals surface area contributed by atoms with Crippen LogP contribution in [0.3, 0.4) is 0 Å². The molecule has 1 aromatic carbocycles. The van der Waals surface area contributed by atoms with E-state index < -0.39 is 27.3 Å². The zero-order chi connectivity index (χ0) is 24.8. The number of aliphatic imine (C=N–C) groups is 1. The van der Waals surface area contributed by atoms with Gasteiger partial charge >= 0.3 is 6.18 Å². The molecule has 0 aromatic heterocycles. The summed E-state index contributed by atoms with van der Waals surface area (Å²) in [7, 11) is -3.97. The van der Waals surface area contributed by atoms with Crippen LogP contribution in [0.5, 0.6) is 0 Å². The van der Waals surface area contributed by atoms with E-state index >= 15 is 0 Å². The zero-order valence-electron chi connectivity index (χ0n) is 19.3. The predicted octanol–water partition coefficient (Wildman–Crippen LogP) is 4.52. The second-order valence-corrected chi connectivity index (χ2v) is 11.6. The molecular formula is C25H28F3N3O3S. The number of sulfonamides is 1. The highest BCUT2D eigenvalue weighted by atomic mass is 32.2. The first-order chi connectivity index (χ1) is 16.6. The number of amidine groups is 1. The van der Waals surface area contributed by atoms with E-state index in [1.165, 1.54) is 16.8 Å². The van der Waals surface area contributed by atoms with E-state index in [1.54, 1.807) is 12.2 Å². The molecule has 2 aliphatic heterocycles. The summed E-state index contributed by atoms with van der Waals surface area (Å²) in [6, 6.07) is 2.47. The largest absolute Gasteiger partial charge is 0.416 e. The highest BCUT2D eigenvalue weighted by Crippen LogP contribution is 2.37. The van der Waals surface area contributed by atoms with E-state index in [2.05, 4.69) is 5.32 Å². The van der Waals surface area contributed by atoms with Gasteiger partial charge in [-0.25, -0.2) is 8.42 Å². The van der Waals surface area contributed by atoms with Crippen LogP contribution in [0, 0.1) is 5.92 Å². The topological polar surface area (TPSA) is 78.8 Å². The van der Waals surface area contributed by atoms with Gasteiger partial charge in [-0.3, -0.25) is 9.79 Å². The number of carbonyl (C=O) groups is 1. The number of hydrogen-bond donors (Lipinski definition) is 1. The van der Waals surface area contributed by atoms with Crippen molar-refractivity contribution in [3.8, 4) is 0 Å². The van der Waals surface area contributed by atoms with E-state index in [0.717, 1.165) is 49.1 Å². The highest BCUT2D eigenvalue weighted by molar-refractivity contribution is 7.92. The average molecular weight is 508 g/mol. The molecule has 1 saturated carbocycles. The minimum Gasteiger partial charge on any atom is -0.312 e. The van der Waals surface area contributed by atoms with Gasteiger partial charge in [0.05, 0.1) is 5.56 Å². The van der Waals surface area contributed by atoms with Gasteiger partial charge in [-0.2, -0.15) is 17.5 Å². The maximum Gasteiger partial charge on any atom is 0.416 e. The molecular weight excluding hydrogens is 479 g/mol. The van der Waals surface area contributed by atoms with Crippen LogP contribution < -0.4 is 5.32 Å². The number of rotatable bonds is 4. The quantitative estimate of drug-likeness (QED) is 0.651. The van der Waals surface area contributed by atoms with Gasteiger partial charge in [-0.05, 0) is 67.0 Å². The molecule has 0 bridgehead atoms. The van der Waals surface area contributed by atoms with Crippen LogP contribution in [-0.2, 0) is 27.4 Å². The molecule has 2 fully saturated rings. The molecule has 1 amide bonds. The van der Waals surface area contributed by atoms with Gasteiger partial charge in [0, 0.05) is 24.4 Å². The van der Waals surface area contributed by atoms with Crippen molar-refractivity contribution in [2.45, 2.75) is 63.1 Å². The normalized spacial score (nSPS) is 23.2. The van der Waals surface area contributed by atoms with Gasteiger partial charge in [-0.15, -0.1) is 0 Å². The number of piperidine rings is 1. The first kappa shape index (κ1) is 24.2. The Bertz CT molecular complexity index is 1220. The number of alkyl halides is 3. The first-order valence-electron chi connectivity index (χ1n) is 12.1. The number of carbonyl (C=O) groups excluding carboxylic acids is 1. The molecule has 1 N–H and O–H groups in total. The van der Waals surface area contributed by atoms with Crippen LogP contribution in [0.25, 0.3) is 12.2 Å². The van der Waals surface area contributed by atoms with Crippen LogP contribution in [0.2, 0.25) is 0 Å². The fourth-order valence-electron chi connectivity index (χ4n) is 5.51. The number of benzene rings is 1. The van der Waals surface area contributed by atoms with E-state index in [9.17, 15) is 26.4 Å². The molecule has 0 radical (unpaired) electrons. The third kappa shape index (κ3) is 4.70. The summed E-state index contributed by atoms with van der Waals surface area (Å²) in [5, 5.41) is 3.78. The fourth-order valence-corrected chi connectivity index (χ4v) is 6.70. The number of nitrogens with zero attached hydrogens (tertiary/aromatic N) is 2. The second kappa shape index (κ2) is 8.89. The van der Waals surface area contributed by atoms with Crippen molar-refractivity contribution < 1.29 is 26.4 Å². The Balaban J connectivity index is 1.31. The van der Waals surface area contributed by atoms with Gasteiger partial charge in [-0.1, -0.05) is 31.4 Å². The van der Waals surface area contributed by atoms with Gasteiger partial charge in [0.2, 0.25) is 10.0 Å². The average Bonchev–Trinajstić information content (AvgIpc) is 3.41. The maximum atomic E-state index is 13.6. The number of halogens is 3. The van der Waals surface area contributed by atoms with Crippen LogP contribution in [0.15, 0.2) is 28.6 Å². The molecule has 35 heavy (non-hydrogen) atoms. The summed E-state index contributed by atoms with van der Waals surface area (Å²) in [5.41, 5.74) is -0.749. The SMILES string of the molecule is O=C1NC(C2CCCCC2)=NC12CCN(S(=O)(=O)/C=C/c1cc3c(cc1C(F)(F)F)CC=C3)CC2. The minimum absolute atomic E-state index is 0.0839. The maximum absolute atomic E-state index is 13.6. The van der Waals surface area contributed by atoms with Crippen molar-refractivity contribution >= 4 is 33.9 Å². The lowest BCUT2D eigenvalue weighted by atomic mass is 9.88. The van der Waals surface area contributed by atoms with Crippen molar-refractivity contribution in [3.05, 3.63) is 45.9 Å². The van der Waals surface area contributed by atoms with Gasteiger partial charge < -0.3 is 5.32 Å². The van der Waals surface area contributed by atoms with Crippen LogP contribution in [0.1, 0.15) is 67.2 Å². The summed E-state index contributed by atoms with van der Waals surface area (Å²) < 4.78 is 67.9. The van der Waals surface area contributed by atoms with E-state index in [4.69, 9.17) is 4.99 Å². The molecule has 1 spiro atoms. The Labute approximate surface area is 203 Å². The van der Waals surface area contributed by atoms with Crippen molar-refractivity contribution in [3.63, 3.8) is 0 Å². The Morgan fingerprint density at radius 2 is 1.83 bits per heavy atom. The number of fused-ring (bicyclic) bond motifs is 1. The number of hydrogen-bond acceptors (Lipinski definition) is 4. The third-order valence-electron chi connectivity index (χ3n) is 7.57. The predicted molar refractivity (Wildman–Crippen MR) is 128 cm³/mol. The van der Waals surface area contributed by atoms with Crippen molar-refractivity contribution in [2.75, 3.05) is 13.1 Å². The number of allylic oxidation sites excluding steroid dienone is 1. The molecule has 10 heteroatoms. The Morgan fingerprint density at radius 3 is 2.51 bits per heavy atom. The standard InChI is InChI=1S/C25H28F3N3O3S/c26-25(27,28)21-16-19-8-4-7-18(19)15-20(21)9-14-35(33,34)31-12-10-24(11-13-31)23(32)29-22(30-24)17-5-2-1-3-6-17/h4,7,9,14-17H,1-3,5-6,8,10-13H2,(H,29,30,32)/b14-9+. The molecule has 6 nitrogen and oxygen atoms in total. The molecule has 0 unspecified atom stereocenters. The van der Waals surface area contributed by atoms with E-state index in [1.807, 2.05) is 0 Å². The monoisotopic (exact) mass is 507 g/mol. The lowest BCUT2D eigenvalue weighted by Crippen LogP contribution is -2.50. The van der Waals surface area contributed by atoms with Crippen LogP contribution in [-0.4, -0.2) is 43.1 Å². The molecule has 1 saturated heterocycles. The summed E-state index contributed by atoms with van der Waals surface area (Å²) >= 11 is 0. The van der Waals surface area contributed by atoms with Crippen molar-refractivity contribution in [1.29, 1.82) is 0 Å². The Kier molecular flexibility index (Phi) is 6.15. The first-order valence-corrected chi connectivity index (χ1v) is 13.6. The molecule has 4 aliphatic rings. The molecule has 188 valence electrons. The number of amides is 1. The third-order valence-corrected chi connectivity index (χ3v) is 9.14. The lowest BCUT2D eigenvalue weighted by Gasteiger charge is -2.34. The summed E-state index contributed by atoms with van der Waals surface area (Å²) in [6.45, 7) is 0.168. The number of nitrogens with one attached hydrogen (secondary N) is 1. The lowest BCUT2D eigenvalue weighted by molar-refractivity contribution is -0.137. The van der Waals surface area contributed by atoms with E-state index in [0.29, 0.717) is 17.5 Å². The summed E-state index contributed by atoms with van der Waals surface area (Å²) in [4.78, 5) is 17.5. The molecule has 2 aliphatic carbocycles. The fraction of sp³-hybridized carbons (Fsp3) is 0.520. The van der Waals surface area contributed by atoms with Gasteiger partial charge in [0.15, 0.2) is 0 Å². The Hall–Kier alpha value is -2.46. The Morgan fingerprint density at radius 1 is 1.11 bits per heavy atom. The summed E-state index contributed by atoms with van der Waals surface area (Å²) in [6.07, 6.45) is 6.28. The highest BCUT2D eigenvalue weighted by Gasteiger charge is 2.48. The molecule has 5 rings (SSSR count). The van der Waals surface area contributed by atoms with Gasteiger partial charge in [0.25, 0.3) is 5.91 Å². The summed E-state index contributed by atoms with van der Waals surface area (Å²) in [5.74, 6) is 0.810. The van der Waals surface area contributed by atoms with Crippen LogP contribution in [0.4, 0.5) is 13.2 Å². The minimum atomic E-state index is -4.59.